The normalized spacial score (nSPS) is 16.7. The fourth-order valence-electron chi connectivity index (χ4n) is 4.35. The number of benzene rings is 2. The SMILES string of the molecule is C[C@@H](N1CCn2nc(-c3ccc(Cl)cc3)nc2C1)[C@](O)(Cn1cncn1)c1ccc(F)cc1F. The highest BCUT2D eigenvalue weighted by molar-refractivity contribution is 6.30. The molecule has 2 aromatic carbocycles. The number of hydrogen-bond donors (Lipinski definition) is 1. The topological polar surface area (TPSA) is 84.9 Å². The molecule has 11 heteroatoms. The Morgan fingerprint density at radius 3 is 2.65 bits per heavy atom. The fraction of sp³-hybridized carbons (Fsp3) is 0.304. The Kier molecular flexibility index (Phi) is 5.88. The van der Waals surface area contributed by atoms with Crippen molar-refractivity contribution in [3.05, 3.63) is 83.2 Å². The maximum atomic E-state index is 14.9. The molecule has 176 valence electrons. The Morgan fingerprint density at radius 2 is 1.94 bits per heavy atom. The van der Waals surface area contributed by atoms with Gasteiger partial charge in [-0.15, -0.1) is 0 Å². The van der Waals surface area contributed by atoms with E-state index < -0.39 is 23.3 Å². The van der Waals surface area contributed by atoms with Crippen molar-refractivity contribution in [3.63, 3.8) is 0 Å². The fourth-order valence-corrected chi connectivity index (χ4v) is 4.48. The molecule has 1 aliphatic rings. The smallest absolute Gasteiger partial charge is 0.181 e. The van der Waals surface area contributed by atoms with Crippen molar-refractivity contribution in [2.45, 2.75) is 38.2 Å². The largest absolute Gasteiger partial charge is 0.381 e. The first-order valence-electron chi connectivity index (χ1n) is 10.8. The van der Waals surface area contributed by atoms with Crippen LogP contribution in [-0.4, -0.2) is 52.1 Å². The summed E-state index contributed by atoms with van der Waals surface area (Å²) in [7, 11) is 0. The second-order valence-corrected chi connectivity index (χ2v) is 8.81. The third kappa shape index (κ3) is 4.20. The molecule has 0 spiro atoms. The summed E-state index contributed by atoms with van der Waals surface area (Å²) in [5.41, 5.74) is -0.875. The number of hydrogen-bond acceptors (Lipinski definition) is 6. The Balaban J connectivity index is 1.45. The Morgan fingerprint density at radius 1 is 1.15 bits per heavy atom. The van der Waals surface area contributed by atoms with E-state index >= 15 is 0 Å². The lowest BCUT2D eigenvalue weighted by Gasteiger charge is -2.42. The average molecular weight is 486 g/mol. The van der Waals surface area contributed by atoms with E-state index in [0.717, 1.165) is 23.5 Å². The van der Waals surface area contributed by atoms with Crippen LogP contribution in [0.15, 0.2) is 55.1 Å². The van der Waals surface area contributed by atoms with Gasteiger partial charge in [-0.05, 0) is 37.3 Å². The molecule has 34 heavy (non-hydrogen) atoms. The lowest BCUT2D eigenvalue weighted by atomic mass is 9.85. The first-order valence-corrected chi connectivity index (χ1v) is 11.2. The summed E-state index contributed by atoms with van der Waals surface area (Å²) in [4.78, 5) is 10.6. The Labute approximate surface area is 199 Å². The molecule has 1 aliphatic heterocycles. The minimum atomic E-state index is -1.72. The molecule has 0 bridgehead atoms. The highest BCUT2D eigenvalue weighted by atomic mass is 35.5. The molecule has 8 nitrogen and oxygen atoms in total. The van der Waals surface area contributed by atoms with Crippen LogP contribution in [0.1, 0.15) is 18.3 Å². The molecule has 3 heterocycles. The van der Waals surface area contributed by atoms with Crippen LogP contribution < -0.4 is 0 Å². The van der Waals surface area contributed by atoms with Gasteiger partial charge in [-0.3, -0.25) is 4.90 Å². The number of rotatable bonds is 6. The lowest BCUT2D eigenvalue weighted by molar-refractivity contribution is -0.0714. The van der Waals surface area contributed by atoms with Crippen molar-refractivity contribution in [3.8, 4) is 11.4 Å². The van der Waals surface area contributed by atoms with E-state index in [1.54, 1.807) is 12.1 Å². The summed E-state index contributed by atoms with van der Waals surface area (Å²) < 4.78 is 31.7. The molecular formula is C23H22ClF2N7O. The minimum absolute atomic E-state index is 0.00852. The van der Waals surface area contributed by atoms with E-state index in [1.807, 2.05) is 28.6 Å². The highest BCUT2D eigenvalue weighted by Gasteiger charge is 2.43. The molecule has 2 atom stereocenters. The van der Waals surface area contributed by atoms with E-state index in [-0.39, 0.29) is 12.1 Å². The van der Waals surface area contributed by atoms with Gasteiger partial charge in [-0.1, -0.05) is 17.7 Å². The molecule has 1 N–H and O–H groups in total. The lowest BCUT2D eigenvalue weighted by Crippen LogP contribution is -2.53. The highest BCUT2D eigenvalue weighted by Crippen LogP contribution is 2.34. The van der Waals surface area contributed by atoms with E-state index in [2.05, 4.69) is 20.2 Å². The van der Waals surface area contributed by atoms with Crippen molar-refractivity contribution < 1.29 is 13.9 Å². The van der Waals surface area contributed by atoms with Gasteiger partial charge in [0.1, 0.15) is 35.7 Å². The number of aliphatic hydroxyl groups is 1. The van der Waals surface area contributed by atoms with E-state index in [1.165, 1.54) is 23.4 Å². The molecule has 0 radical (unpaired) electrons. The van der Waals surface area contributed by atoms with Crippen LogP contribution in [0.5, 0.6) is 0 Å². The van der Waals surface area contributed by atoms with E-state index in [4.69, 9.17) is 11.6 Å². The van der Waals surface area contributed by atoms with Gasteiger partial charge < -0.3 is 5.11 Å². The summed E-state index contributed by atoms with van der Waals surface area (Å²) in [6.07, 6.45) is 2.79. The first-order chi connectivity index (χ1) is 16.3. The molecular weight excluding hydrogens is 464 g/mol. The molecule has 0 fully saturated rings. The summed E-state index contributed by atoms with van der Waals surface area (Å²) in [6, 6.07) is 9.92. The van der Waals surface area contributed by atoms with Gasteiger partial charge in [-0.2, -0.15) is 10.2 Å². The van der Waals surface area contributed by atoms with E-state index in [0.29, 0.717) is 30.5 Å². The van der Waals surface area contributed by atoms with Crippen LogP contribution in [-0.2, 0) is 25.2 Å². The zero-order valence-electron chi connectivity index (χ0n) is 18.3. The van der Waals surface area contributed by atoms with Crippen LogP contribution in [0.2, 0.25) is 5.02 Å². The maximum absolute atomic E-state index is 14.9. The first kappa shape index (κ1) is 22.6. The Bertz CT molecular complexity index is 1300. The Hall–Kier alpha value is -3.21. The molecule has 0 unspecified atom stereocenters. The second kappa shape index (κ2) is 8.86. The summed E-state index contributed by atoms with van der Waals surface area (Å²) in [5.74, 6) is -0.216. The van der Waals surface area contributed by atoms with Crippen molar-refractivity contribution in [1.29, 1.82) is 0 Å². The number of halogens is 3. The number of fused-ring (bicyclic) bond motifs is 1. The molecule has 0 aliphatic carbocycles. The van der Waals surface area contributed by atoms with Gasteiger partial charge in [0, 0.05) is 34.8 Å². The summed E-state index contributed by atoms with van der Waals surface area (Å²) in [5, 5.41) is 21.2. The van der Waals surface area contributed by atoms with Gasteiger partial charge in [0.25, 0.3) is 0 Å². The van der Waals surface area contributed by atoms with Crippen LogP contribution >= 0.6 is 11.6 Å². The van der Waals surface area contributed by atoms with Gasteiger partial charge in [0.05, 0.1) is 19.6 Å². The van der Waals surface area contributed by atoms with Crippen LogP contribution in [0, 0.1) is 11.6 Å². The average Bonchev–Trinajstić information content (AvgIpc) is 3.48. The van der Waals surface area contributed by atoms with Crippen molar-refractivity contribution >= 4 is 11.6 Å². The van der Waals surface area contributed by atoms with Crippen molar-refractivity contribution in [2.75, 3.05) is 6.54 Å². The molecule has 0 saturated carbocycles. The molecule has 0 saturated heterocycles. The second-order valence-electron chi connectivity index (χ2n) is 8.37. The summed E-state index contributed by atoms with van der Waals surface area (Å²) in [6.45, 7) is 3.25. The molecule has 4 aromatic rings. The van der Waals surface area contributed by atoms with Crippen LogP contribution in [0.3, 0.4) is 0 Å². The van der Waals surface area contributed by atoms with Crippen LogP contribution in [0.25, 0.3) is 11.4 Å². The summed E-state index contributed by atoms with van der Waals surface area (Å²) >= 11 is 5.98. The quantitative estimate of drug-likeness (QED) is 0.451. The molecule has 0 amide bonds. The van der Waals surface area contributed by atoms with Gasteiger partial charge in [0.2, 0.25) is 0 Å². The number of nitrogens with zero attached hydrogens (tertiary/aromatic N) is 7. The third-order valence-electron chi connectivity index (χ3n) is 6.30. The van der Waals surface area contributed by atoms with Crippen LogP contribution in [0.4, 0.5) is 8.78 Å². The zero-order chi connectivity index (χ0) is 23.9. The van der Waals surface area contributed by atoms with Gasteiger partial charge >= 0.3 is 0 Å². The molecule has 5 rings (SSSR count). The monoisotopic (exact) mass is 485 g/mol. The maximum Gasteiger partial charge on any atom is 0.181 e. The standard InChI is InChI=1S/C23H22ClF2N7O/c1-15(23(34,12-32-14-27-13-28-32)19-7-6-18(25)10-20(19)26)31-8-9-33-21(11-31)29-22(30-33)16-2-4-17(24)5-3-16/h2-7,10,13-15,34H,8-9,11-12H2,1H3/t15-,23-/m1/s1. The van der Waals surface area contributed by atoms with Gasteiger partial charge in [-0.25, -0.2) is 28.1 Å². The van der Waals surface area contributed by atoms with Crippen molar-refractivity contribution in [1.82, 2.24) is 34.4 Å². The predicted octanol–water partition coefficient (Wildman–Crippen LogP) is 3.26. The van der Waals surface area contributed by atoms with Crippen molar-refractivity contribution in [2.24, 2.45) is 0 Å². The predicted molar refractivity (Wildman–Crippen MR) is 121 cm³/mol. The number of aromatic nitrogens is 6. The zero-order valence-corrected chi connectivity index (χ0v) is 19.1. The van der Waals surface area contributed by atoms with Gasteiger partial charge in [0.15, 0.2) is 5.82 Å². The minimum Gasteiger partial charge on any atom is -0.381 e. The molecule has 2 aromatic heterocycles. The third-order valence-corrected chi connectivity index (χ3v) is 6.55. The van der Waals surface area contributed by atoms with E-state index in [9.17, 15) is 13.9 Å².